The van der Waals surface area contributed by atoms with Crippen LogP contribution in [0.1, 0.15) is 37.0 Å². The number of hydrogen-bond donors (Lipinski definition) is 1. The van der Waals surface area contributed by atoms with Gasteiger partial charge in [-0.05, 0) is 51.0 Å². The van der Waals surface area contributed by atoms with Gasteiger partial charge in [0.05, 0.1) is 16.1 Å². The summed E-state index contributed by atoms with van der Waals surface area (Å²) < 4.78 is 24.1. The lowest BCUT2D eigenvalue weighted by atomic mass is 9.97. The Bertz CT molecular complexity index is 694. The summed E-state index contributed by atoms with van der Waals surface area (Å²) >= 11 is 0. The number of rotatable bonds is 4. The van der Waals surface area contributed by atoms with Crippen LogP contribution in [0.2, 0.25) is 0 Å². The molecule has 6 nitrogen and oxygen atoms in total. The number of benzene rings is 1. The molecule has 1 amide bonds. The topological polar surface area (TPSA) is 91.8 Å². The Morgan fingerprint density at radius 2 is 1.83 bits per heavy atom. The van der Waals surface area contributed by atoms with E-state index >= 15 is 0 Å². The first-order valence-corrected chi connectivity index (χ1v) is 9.14. The van der Waals surface area contributed by atoms with Gasteiger partial charge in [-0.15, -0.1) is 0 Å². The van der Waals surface area contributed by atoms with E-state index in [0.717, 1.165) is 0 Å². The van der Waals surface area contributed by atoms with Crippen LogP contribution in [0.4, 0.5) is 0 Å². The number of carboxylic acids is 1. The molecule has 0 saturated carbocycles. The second-order valence-corrected chi connectivity index (χ2v) is 8.55. The number of carbonyl (C=O) groups is 2. The van der Waals surface area contributed by atoms with E-state index in [2.05, 4.69) is 0 Å². The summed E-state index contributed by atoms with van der Waals surface area (Å²) in [6.07, 6.45) is 1.23. The van der Waals surface area contributed by atoms with Crippen molar-refractivity contribution < 1.29 is 23.1 Å². The molecule has 1 atom stereocenters. The smallest absolute Gasteiger partial charge is 0.308 e. The van der Waals surface area contributed by atoms with E-state index in [-0.39, 0.29) is 17.3 Å². The van der Waals surface area contributed by atoms with E-state index in [1.54, 1.807) is 13.8 Å². The summed E-state index contributed by atoms with van der Waals surface area (Å²) in [6.45, 7) is 3.93. The summed E-state index contributed by atoms with van der Waals surface area (Å²) in [5.74, 6) is -1.68. The molecule has 1 aliphatic rings. The van der Waals surface area contributed by atoms with Gasteiger partial charge in [-0.2, -0.15) is 0 Å². The molecular weight excluding hydrogens is 318 g/mol. The molecule has 0 radical (unpaired) electrons. The van der Waals surface area contributed by atoms with Crippen molar-refractivity contribution in [3.8, 4) is 0 Å². The molecule has 1 heterocycles. The number of carboxylic acid groups (broad SMARTS) is 1. The van der Waals surface area contributed by atoms with Crippen molar-refractivity contribution in [1.82, 2.24) is 4.90 Å². The third-order valence-electron chi connectivity index (χ3n) is 4.11. The molecule has 1 fully saturated rings. The maximum absolute atomic E-state index is 12.4. The van der Waals surface area contributed by atoms with Crippen LogP contribution in [0, 0.1) is 5.92 Å². The maximum atomic E-state index is 12.4. The highest BCUT2D eigenvalue weighted by Crippen LogP contribution is 2.21. The fraction of sp³-hybridized carbons (Fsp3) is 0.500. The summed E-state index contributed by atoms with van der Waals surface area (Å²) in [6, 6.07) is 5.84. The molecule has 7 heteroatoms. The molecule has 126 valence electrons. The third-order valence-corrected chi connectivity index (χ3v) is 6.28. The van der Waals surface area contributed by atoms with Crippen molar-refractivity contribution in [2.75, 3.05) is 13.1 Å². The fourth-order valence-corrected chi connectivity index (χ4v) is 3.66. The monoisotopic (exact) mass is 339 g/mol. The lowest BCUT2D eigenvalue weighted by Crippen LogP contribution is -2.42. The number of sulfone groups is 1. The third kappa shape index (κ3) is 3.72. The maximum Gasteiger partial charge on any atom is 0.308 e. The zero-order valence-electron chi connectivity index (χ0n) is 13.2. The van der Waals surface area contributed by atoms with E-state index in [9.17, 15) is 18.0 Å². The van der Waals surface area contributed by atoms with Gasteiger partial charge >= 0.3 is 5.97 Å². The van der Waals surface area contributed by atoms with Crippen molar-refractivity contribution in [2.24, 2.45) is 5.92 Å². The molecule has 1 N–H and O–H groups in total. The quantitative estimate of drug-likeness (QED) is 0.903. The molecular formula is C16H21NO5S. The minimum atomic E-state index is -3.37. The van der Waals surface area contributed by atoms with Crippen molar-refractivity contribution in [3.05, 3.63) is 29.8 Å². The van der Waals surface area contributed by atoms with E-state index in [1.807, 2.05) is 0 Å². The second-order valence-electron chi connectivity index (χ2n) is 6.05. The van der Waals surface area contributed by atoms with Crippen LogP contribution in [0.5, 0.6) is 0 Å². The van der Waals surface area contributed by atoms with Gasteiger partial charge < -0.3 is 10.0 Å². The molecule has 1 aromatic rings. The van der Waals surface area contributed by atoms with Crippen LogP contribution in [0.15, 0.2) is 29.2 Å². The van der Waals surface area contributed by atoms with Gasteiger partial charge in [0.25, 0.3) is 5.91 Å². The number of nitrogens with zero attached hydrogens (tertiary/aromatic N) is 1. The van der Waals surface area contributed by atoms with Crippen LogP contribution in [-0.4, -0.2) is 48.6 Å². The minimum Gasteiger partial charge on any atom is -0.481 e. The van der Waals surface area contributed by atoms with Crippen LogP contribution < -0.4 is 0 Å². The van der Waals surface area contributed by atoms with Gasteiger partial charge in [0.2, 0.25) is 0 Å². The summed E-state index contributed by atoms with van der Waals surface area (Å²) in [4.78, 5) is 25.2. The van der Waals surface area contributed by atoms with E-state index in [0.29, 0.717) is 24.9 Å². The standard InChI is InChI=1S/C16H21NO5S/c1-11(2)23(21,22)14-7-5-12(6-8-14)15(18)17-9-3-4-13(10-17)16(19)20/h5-8,11,13H,3-4,9-10H2,1-2H3,(H,19,20). The largest absolute Gasteiger partial charge is 0.481 e. The predicted molar refractivity (Wildman–Crippen MR) is 85.0 cm³/mol. The Morgan fingerprint density at radius 3 is 2.35 bits per heavy atom. The Kier molecular flexibility index (Phi) is 5.09. The zero-order valence-corrected chi connectivity index (χ0v) is 14.0. The number of aliphatic carboxylic acids is 1. The first-order chi connectivity index (χ1) is 10.7. The van der Waals surface area contributed by atoms with Gasteiger partial charge in [-0.25, -0.2) is 8.42 Å². The normalized spacial score (nSPS) is 18.9. The average Bonchev–Trinajstić information content (AvgIpc) is 2.54. The van der Waals surface area contributed by atoms with E-state index in [4.69, 9.17) is 5.11 Å². The number of piperidine rings is 1. The zero-order chi connectivity index (χ0) is 17.2. The lowest BCUT2D eigenvalue weighted by molar-refractivity contribution is -0.143. The predicted octanol–water partition coefficient (Wildman–Crippen LogP) is 1.81. The van der Waals surface area contributed by atoms with Gasteiger partial charge in [0.15, 0.2) is 9.84 Å². The van der Waals surface area contributed by atoms with Gasteiger partial charge in [0.1, 0.15) is 0 Å². The Balaban J connectivity index is 2.16. The highest BCUT2D eigenvalue weighted by Gasteiger charge is 2.29. The molecule has 0 aromatic heterocycles. The molecule has 23 heavy (non-hydrogen) atoms. The molecule has 0 spiro atoms. The first-order valence-electron chi connectivity index (χ1n) is 7.59. The summed E-state index contributed by atoms with van der Waals surface area (Å²) in [5.41, 5.74) is 0.374. The number of carbonyl (C=O) groups excluding carboxylic acids is 1. The number of hydrogen-bond acceptors (Lipinski definition) is 4. The van der Waals surface area contributed by atoms with Crippen molar-refractivity contribution in [2.45, 2.75) is 36.8 Å². The van der Waals surface area contributed by atoms with Crippen molar-refractivity contribution in [3.63, 3.8) is 0 Å². The summed E-state index contributed by atoms with van der Waals surface area (Å²) in [7, 11) is -3.37. The van der Waals surface area contributed by atoms with Gasteiger partial charge in [-0.1, -0.05) is 0 Å². The van der Waals surface area contributed by atoms with Crippen molar-refractivity contribution >= 4 is 21.7 Å². The van der Waals surface area contributed by atoms with Crippen LogP contribution in [0.3, 0.4) is 0 Å². The SMILES string of the molecule is CC(C)S(=O)(=O)c1ccc(C(=O)N2CCCC(C(=O)O)C2)cc1. The molecule has 2 rings (SSSR count). The first kappa shape index (κ1) is 17.5. The van der Waals surface area contributed by atoms with Crippen LogP contribution in [-0.2, 0) is 14.6 Å². The molecule has 0 bridgehead atoms. The van der Waals surface area contributed by atoms with Crippen molar-refractivity contribution in [1.29, 1.82) is 0 Å². The Morgan fingerprint density at radius 1 is 1.22 bits per heavy atom. The molecule has 1 unspecified atom stereocenters. The molecule has 1 aromatic carbocycles. The second kappa shape index (κ2) is 6.70. The minimum absolute atomic E-state index is 0.186. The van der Waals surface area contributed by atoms with Crippen LogP contribution in [0.25, 0.3) is 0 Å². The molecule has 1 aliphatic heterocycles. The number of amides is 1. The molecule has 0 aliphatic carbocycles. The van der Waals surface area contributed by atoms with E-state index in [1.165, 1.54) is 29.2 Å². The Labute approximate surface area is 136 Å². The summed E-state index contributed by atoms with van der Waals surface area (Å²) in [5, 5.41) is 8.56. The highest BCUT2D eigenvalue weighted by molar-refractivity contribution is 7.92. The van der Waals surface area contributed by atoms with Gasteiger partial charge in [0, 0.05) is 18.7 Å². The van der Waals surface area contributed by atoms with E-state index < -0.39 is 27.0 Å². The Hall–Kier alpha value is -1.89. The van der Waals surface area contributed by atoms with Crippen LogP contribution >= 0.6 is 0 Å². The lowest BCUT2D eigenvalue weighted by Gasteiger charge is -2.30. The fourth-order valence-electron chi connectivity index (χ4n) is 2.61. The highest BCUT2D eigenvalue weighted by atomic mass is 32.2. The average molecular weight is 339 g/mol. The molecule has 1 saturated heterocycles. The number of likely N-dealkylation sites (tertiary alicyclic amines) is 1. The van der Waals surface area contributed by atoms with Gasteiger partial charge in [-0.3, -0.25) is 9.59 Å².